The highest BCUT2D eigenvalue weighted by atomic mass is 35.5. The molecule has 2 aliphatic heterocycles. The van der Waals surface area contributed by atoms with Gasteiger partial charge >= 0.3 is 0 Å². The molecular weight excluding hydrogens is 415 g/mol. The average molecular weight is 441 g/mol. The smallest absolute Gasteiger partial charge is 0.277 e. The van der Waals surface area contributed by atoms with E-state index < -0.39 is 0 Å². The van der Waals surface area contributed by atoms with Crippen molar-refractivity contribution in [3.63, 3.8) is 0 Å². The molecule has 29 heavy (non-hydrogen) atoms. The van der Waals surface area contributed by atoms with Gasteiger partial charge in [-0.05, 0) is 39.3 Å². The summed E-state index contributed by atoms with van der Waals surface area (Å²) in [4.78, 5) is 29.8. The molecule has 2 amide bonds. The predicted molar refractivity (Wildman–Crippen MR) is 113 cm³/mol. The van der Waals surface area contributed by atoms with Gasteiger partial charge in [0, 0.05) is 43.4 Å². The zero-order valence-electron chi connectivity index (χ0n) is 16.9. The van der Waals surface area contributed by atoms with E-state index in [1.54, 1.807) is 18.2 Å². The second-order valence-corrected chi connectivity index (χ2v) is 8.17. The van der Waals surface area contributed by atoms with Crippen LogP contribution in [0.5, 0.6) is 0 Å². The number of hydrogen-bond acceptors (Lipinski definition) is 5. The molecule has 8 heteroatoms. The third-order valence-corrected chi connectivity index (χ3v) is 5.50. The van der Waals surface area contributed by atoms with Gasteiger partial charge in [0.2, 0.25) is 0 Å². The quantitative estimate of drug-likeness (QED) is 0.478. The Labute approximate surface area is 181 Å². The standard InChI is InChI=1S/C21H26Cl2N2O4/c1-4-28-9-5-8-25-20(26)18(16-7-6-15(22)10-17(16)23)19(21(25)27)24-11-13(2)29-14(3)12-24/h6-7,10,13-14H,4-5,8-9,11-12H2,1-3H3. The Balaban J connectivity index is 1.99. The van der Waals surface area contributed by atoms with E-state index in [-0.39, 0.29) is 24.0 Å². The van der Waals surface area contributed by atoms with E-state index >= 15 is 0 Å². The number of carbonyl (C=O) groups excluding carboxylic acids is 2. The van der Waals surface area contributed by atoms with Crippen LogP contribution < -0.4 is 0 Å². The highest BCUT2D eigenvalue weighted by Crippen LogP contribution is 2.37. The van der Waals surface area contributed by atoms with Gasteiger partial charge in [-0.25, -0.2) is 0 Å². The number of morpholine rings is 1. The first-order valence-corrected chi connectivity index (χ1v) is 10.6. The fourth-order valence-corrected chi connectivity index (χ4v) is 4.33. The molecular formula is C21H26Cl2N2O4. The molecule has 2 atom stereocenters. The molecule has 0 aromatic heterocycles. The van der Waals surface area contributed by atoms with Gasteiger partial charge in [-0.2, -0.15) is 0 Å². The van der Waals surface area contributed by atoms with Crippen molar-refractivity contribution in [2.45, 2.75) is 39.4 Å². The van der Waals surface area contributed by atoms with E-state index in [1.165, 1.54) is 4.90 Å². The summed E-state index contributed by atoms with van der Waals surface area (Å²) in [6, 6.07) is 4.96. The minimum atomic E-state index is -0.336. The van der Waals surface area contributed by atoms with Crippen LogP contribution in [0.2, 0.25) is 10.0 Å². The Hall–Kier alpha value is -1.60. The summed E-state index contributed by atoms with van der Waals surface area (Å²) in [5, 5.41) is 0.816. The van der Waals surface area contributed by atoms with Crippen LogP contribution in [0.25, 0.3) is 5.57 Å². The molecule has 3 rings (SSSR count). The van der Waals surface area contributed by atoms with Crippen LogP contribution in [-0.2, 0) is 19.1 Å². The lowest BCUT2D eigenvalue weighted by molar-refractivity contribution is -0.138. The van der Waals surface area contributed by atoms with Crippen molar-refractivity contribution >= 4 is 40.6 Å². The number of nitrogens with zero attached hydrogens (tertiary/aromatic N) is 2. The molecule has 1 saturated heterocycles. The van der Waals surface area contributed by atoms with Crippen LogP contribution >= 0.6 is 23.2 Å². The predicted octanol–water partition coefficient (Wildman–Crippen LogP) is 3.61. The van der Waals surface area contributed by atoms with E-state index in [0.717, 1.165) is 0 Å². The number of halogens is 2. The van der Waals surface area contributed by atoms with Gasteiger partial charge in [0.05, 0.1) is 22.8 Å². The zero-order valence-corrected chi connectivity index (χ0v) is 18.4. The van der Waals surface area contributed by atoms with Crippen LogP contribution in [0, 0.1) is 0 Å². The summed E-state index contributed by atoms with van der Waals surface area (Å²) in [5.41, 5.74) is 1.23. The van der Waals surface area contributed by atoms with Crippen molar-refractivity contribution in [1.82, 2.24) is 9.80 Å². The summed E-state index contributed by atoms with van der Waals surface area (Å²) < 4.78 is 11.2. The maximum absolute atomic E-state index is 13.3. The second-order valence-electron chi connectivity index (χ2n) is 7.32. The summed E-state index contributed by atoms with van der Waals surface area (Å²) in [6.45, 7) is 8.27. The molecule has 0 saturated carbocycles. The minimum Gasteiger partial charge on any atom is -0.382 e. The van der Waals surface area contributed by atoms with Gasteiger partial charge in [0.25, 0.3) is 11.8 Å². The van der Waals surface area contributed by atoms with Gasteiger partial charge in [-0.1, -0.05) is 29.3 Å². The van der Waals surface area contributed by atoms with Crippen LogP contribution in [0.1, 0.15) is 32.8 Å². The molecule has 158 valence electrons. The highest BCUT2D eigenvalue weighted by Gasteiger charge is 2.43. The Morgan fingerprint density at radius 2 is 1.83 bits per heavy atom. The van der Waals surface area contributed by atoms with E-state index in [4.69, 9.17) is 32.7 Å². The fraction of sp³-hybridized carbons (Fsp3) is 0.524. The zero-order chi connectivity index (χ0) is 21.1. The molecule has 2 heterocycles. The van der Waals surface area contributed by atoms with Gasteiger partial charge < -0.3 is 14.4 Å². The number of carbonyl (C=O) groups is 2. The van der Waals surface area contributed by atoms with E-state index in [2.05, 4.69) is 0 Å². The molecule has 6 nitrogen and oxygen atoms in total. The first-order valence-electron chi connectivity index (χ1n) is 9.87. The Bertz CT molecular complexity index is 817. The summed E-state index contributed by atoms with van der Waals surface area (Å²) in [5.74, 6) is -0.633. The highest BCUT2D eigenvalue weighted by molar-refractivity contribution is 6.41. The first-order chi connectivity index (χ1) is 13.8. The molecule has 1 fully saturated rings. The fourth-order valence-electron chi connectivity index (χ4n) is 3.82. The molecule has 2 unspecified atom stereocenters. The Kier molecular flexibility index (Phi) is 7.22. The van der Waals surface area contributed by atoms with Crippen molar-refractivity contribution < 1.29 is 19.1 Å². The number of rotatable bonds is 7. The van der Waals surface area contributed by atoms with Gasteiger partial charge in [-0.3, -0.25) is 14.5 Å². The maximum Gasteiger partial charge on any atom is 0.277 e. The van der Waals surface area contributed by atoms with Crippen molar-refractivity contribution in [2.24, 2.45) is 0 Å². The lowest BCUT2D eigenvalue weighted by Crippen LogP contribution is -2.47. The molecule has 2 aliphatic rings. The number of amides is 2. The van der Waals surface area contributed by atoms with Crippen LogP contribution in [0.4, 0.5) is 0 Å². The molecule has 0 N–H and O–H groups in total. The molecule has 1 aromatic rings. The van der Waals surface area contributed by atoms with E-state index in [9.17, 15) is 9.59 Å². The number of benzene rings is 1. The number of imide groups is 1. The van der Waals surface area contributed by atoms with Crippen molar-refractivity contribution in [3.05, 3.63) is 39.5 Å². The maximum atomic E-state index is 13.3. The van der Waals surface area contributed by atoms with E-state index in [1.807, 2.05) is 25.7 Å². The molecule has 0 aliphatic carbocycles. The molecule has 0 radical (unpaired) electrons. The van der Waals surface area contributed by atoms with Crippen molar-refractivity contribution in [2.75, 3.05) is 32.8 Å². The summed E-state index contributed by atoms with van der Waals surface area (Å²) in [6.07, 6.45) is 0.474. The number of hydrogen-bond donors (Lipinski definition) is 0. The normalized spacial score (nSPS) is 22.8. The summed E-state index contributed by atoms with van der Waals surface area (Å²) >= 11 is 12.4. The molecule has 0 bridgehead atoms. The van der Waals surface area contributed by atoms with Crippen molar-refractivity contribution in [3.8, 4) is 0 Å². The van der Waals surface area contributed by atoms with Crippen LogP contribution in [0.3, 0.4) is 0 Å². The Morgan fingerprint density at radius 1 is 1.14 bits per heavy atom. The van der Waals surface area contributed by atoms with Crippen molar-refractivity contribution in [1.29, 1.82) is 0 Å². The van der Waals surface area contributed by atoms with Gasteiger partial charge in [-0.15, -0.1) is 0 Å². The summed E-state index contributed by atoms with van der Waals surface area (Å²) in [7, 11) is 0. The monoisotopic (exact) mass is 440 g/mol. The second kappa shape index (κ2) is 9.47. The average Bonchev–Trinajstić information content (AvgIpc) is 2.89. The third-order valence-electron chi connectivity index (χ3n) is 4.95. The van der Waals surface area contributed by atoms with Gasteiger partial charge in [0.1, 0.15) is 5.70 Å². The van der Waals surface area contributed by atoms with Crippen LogP contribution in [0.15, 0.2) is 23.9 Å². The van der Waals surface area contributed by atoms with E-state index in [0.29, 0.717) is 66.1 Å². The molecule has 0 spiro atoms. The Morgan fingerprint density at radius 3 is 2.45 bits per heavy atom. The number of ether oxygens (including phenoxy) is 2. The SMILES string of the molecule is CCOCCCN1C(=O)C(c2ccc(Cl)cc2Cl)=C(N2CC(C)OC(C)C2)C1=O. The lowest BCUT2D eigenvalue weighted by Gasteiger charge is -2.37. The van der Waals surface area contributed by atoms with Gasteiger partial charge in [0.15, 0.2) is 0 Å². The largest absolute Gasteiger partial charge is 0.382 e. The minimum absolute atomic E-state index is 0.0527. The molecule has 1 aromatic carbocycles. The van der Waals surface area contributed by atoms with Crippen LogP contribution in [-0.4, -0.2) is 66.7 Å². The first kappa shape index (κ1) is 22.1. The third kappa shape index (κ3) is 4.77. The lowest BCUT2D eigenvalue weighted by atomic mass is 10.0. The topological polar surface area (TPSA) is 59.1 Å².